The second-order valence-electron chi connectivity index (χ2n) is 13.6. The third-order valence-corrected chi connectivity index (χ3v) is 8.87. The Balaban J connectivity index is 1.40. The van der Waals surface area contributed by atoms with Gasteiger partial charge in [-0.25, -0.2) is 14.5 Å². The minimum Gasteiger partial charge on any atom is -0.447 e. The van der Waals surface area contributed by atoms with Crippen LogP contribution in [0.4, 0.5) is 22.4 Å². The van der Waals surface area contributed by atoms with Crippen LogP contribution in [0.3, 0.4) is 0 Å². The second-order valence-corrected chi connectivity index (χ2v) is 14.0. The maximum Gasteiger partial charge on any atom is 0.407 e. The summed E-state index contributed by atoms with van der Waals surface area (Å²) in [7, 11) is 0. The first-order valence-corrected chi connectivity index (χ1v) is 16.2. The van der Waals surface area contributed by atoms with E-state index >= 15 is 0 Å². The summed E-state index contributed by atoms with van der Waals surface area (Å²) >= 11 is 6.48. The van der Waals surface area contributed by atoms with Crippen molar-refractivity contribution in [2.24, 2.45) is 5.41 Å². The zero-order chi connectivity index (χ0) is 36.0. The third kappa shape index (κ3) is 7.04. The lowest BCUT2D eigenvalue weighted by molar-refractivity contribution is -0.134. The van der Waals surface area contributed by atoms with Gasteiger partial charge in [0.05, 0.1) is 17.3 Å². The summed E-state index contributed by atoms with van der Waals surface area (Å²) in [6.45, 7) is -0.236. The summed E-state index contributed by atoms with van der Waals surface area (Å²) in [5.74, 6) is -0.902. The molecule has 2 aliphatic rings. The van der Waals surface area contributed by atoms with Crippen LogP contribution < -0.4 is 10.6 Å². The van der Waals surface area contributed by atoms with Gasteiger partial charge in [-0.2, -0.15) is 22.7 Å². The molecule has 2 amide bonds. The minimum atomic E-state index is -2.90. The smallest absolute Gasteiger partial charge is 0.407 e. The topological polar surface area (TPSA) is 130 Å². The van der Waals surface area contributed by atoms with E-state index in [-0.39, 0.29) is 41.4 Å². The Morgan fingerprint density at radius 1 is 1.12 bits per heavy atom. The maximum atomic E-state index is 14.8. The molecule has 2 aromatic carbocycles. The summed E-state index contributed by atoms with van der Waals surface area (Å²) in [5.41, 5.74) is 0.145. The van der Waals surface area contributed by atoms with E-state index in [4.69, 9.17) is 21.7 Å². The van der Waals surface area contributed by atoms with Crippen molar-refractivity contribution in [3.05, 3.63) is 83.4 Å². The first-order chi connectivity index (χ1) is 23.7. The highest BCUT2D eigenvalue weighted by atomic mass is 35.5. The first-order valence-electron chi connectivity index (χ1n) is 15.8. The minimum absolute atomic E-state index is 0.00296. The van der Waals surface area contributed by atoms with E-state index in [0.717, 1.165) is 19.0 Å². The second kappa shape index (κ2) is 13.4. The molecule has 2 aromatic heterocycles. The highest BCUT2D eigenvalue weighted by molar-refractivity contribution is 6.33. The van der Waals surface area contributed by atoms with Crippen LogP contribution in [-0.4, -0.2) is 54.8 Å². The van der Waals surface area contributed by atoms with Crippen LogP contribution >= 0.6 is 11.6 Å². The van der Waals surface area contributed by atoms with Gasteiger partial charge in [0.2, 0.25) is 0 Å². The molecule has 264 valence electrons. The van der Waals surface area contributed by atoms with E-state index < -0.39 is 42.1 Å². The van der Waals surface area contributed by atoms with Crippen molar-refractivity contribution in [2.45, 2.75) is 70.8 Å². The number of carbonyl (C=O) groups excluding carboxylic acids is 2. The quantitative estimate of drug-likeness (QED) is 0.138. The molecule has 6 rings (SSSR count). The molecule has 4 aromatic rings. The Kier molecular flexibility index (Phi) is 9.37. The van der Waals surface area contributed by atoms with E-state index in [1.54, 1.807) is 30.3 Å². The predicted molar refractivity (Wildman–Crippen MR) is 177 cm³/mol. The van der Waals surface area contributed by atoms with Gasteiger partial charge in [0, 0.05) is 35.8 Å². The van der Waals surface area contributed by atoms with Crippen molar-refractivity contribution in [3.63, 3.8) is 0 Å². The lowest BCUT2D eigenvalue weighted by Gasteiger charge is -2.35. The van der Waals surface area contributed by atoms with Crippen LogP contribution in [0, 0.1) is 10.8 Å². The highest BCUT2D eigenvalue weighted by Crippen LogP contribution is 2.43. The number of aromatic nitrogens is 4. The van der Waals surface area contributed by atoms with Gasteiger partial charge >= 0.3 is 19.2 Å². The molecule has 2 atom stereocenters. The normalized spacial score (nSPS) is 18.6. The summed E-state index contributed by atoms with van der Waals surface area (Å²) in [6, 6.07) is 10.2. The molecule has 0 radical (unpaired) electrons. The van der Waals surface area contributed by atoms with Crippen molar-refractivity contribution in [3.8, 4) is 22.5 Å². The van der Waals surface area contributed by atoms with Crippen molar-refractivity contribution >= 4 is 29.6 Å². The average Bonchev–Trinajstić information content (AvgIpc) is 3.42. The van der Waals surface area contributed by atoms with Gasteiger partial charge in [0.1, 0.15) is 18.0 Å². The van der Waals surface area contributed by atoms with E-state index in [0.29, 0.717) is 31.5 Å². The van der Waals surface area contributed by atoms with E-state index in [1.165, 1.54) is 35.6 Å². The number of nitrogens with zero attached hydrogens (tertiary/aromatic N) is 5. The lowest BCUT2D eigenvalue weighted by Crippen LogP contribution is -2.47. The molecule has 1 aliphatic carbocycles. The van der Waals surface area contributed by atoms with Crippen molar-refractivity contribution in [2.75, 3.05) is 6.61 Å². The van der Waals surface area contributed by atoms with Gasteiger partial charge in [-0.15, -0.1) is 0 Å². The Labute approximate surface area is 290 Å². The predicted octanol–water partition coefficient (Wildman–Crippen LogP) is 7.49. The number of carbonyl (C=O) groups is 2. The number of halogens is 5. The number of imidazole rings is 1. The van der Waals surface area contributed by atoms with Crippen LogP contribution in [-0.2, 0) is 15.1 Å². The van der Waals surface area contributed by atoms with Gasteiger partial charge in [-0.1, -0.05) is 62.7 Å². The standard InChI is InChI=1S/C34H35ClF4N8O3/c1-33(2,3)18-34(22-7-4-19(5-8-22)21-15-42-46(16-21)30(38)39)28(48)47(31(40)44-34)26(17-50-32(49)43-23-9-10-23)20-6-11-25(35)24(14-20)27-41-12-13-45(27)29(36)37/h4-8,11-16,23,26,29-30H,9-10,17-18H2,1-3H3,(H2,40,44)(H,43,49)/t26-,34-/m1/s1. The number of hydrogen-bond acceptors (Lipinski definition) is 6. The Hall–Kier alpha value is -4.92. The summed E-state index contributed by atoms with van der Waals surface area (Å²) in [6.07, 6.45) is 6.04. The number of alkyl halides is 4. The Bertz CT molecular complexity index is 1900. The van der Waals surface area contributed by atoms with Crippen LogP contribution in [0.15, 0.2) is 67.3 Å². The van der Waals surface area contributed by atoms with Gasteiger partial charge < -0.3 is 15.4 Å². The molecular weight excluding hydrogens is 680 g/mol. The van der Waals surface area contributed by atoms with E-state index in [1.807, 2.05) is 20.8 Å². The van der Waals surface area contributed by atoms with Gasteiger partial charge in [-0.05, 0) is 53.5 Å². The third-order valence-electron chi connectivity index (χ3n) is 8.54. The fourth-order valence-corrected chi connectivity index (χ4v) is 6.39. The number of rotatable bonds is 11. The SMILES string of the molecule is CC(C)(C)C[C@]1(c2ccc(-c3cnn(C(F)F)c3)cc2)NC(=N)N([C@H](COC(=O)NC2CC2)c2ccc(Cl)c(-c3nccn3C(F)F)c2)C1=O. The number of amides is 2. The molecule has 16 heteroatoms. The van der Waals surface area contributed by atoms with Crippen LogP contribution in [0.25, 0.3) is 22.5 Å². The largest absolute Gasteiger partial charge is 0.447 e. The van der Waals surface area contributed by atoms with E-state index in [2.05, 4.69) is 20.7 Å². The van der Waals surface area contributed by atoms with Gasteiger partial charge in [0.25, 0.3) is 5.91 Å². The molecule has 1 aliphatic heterocycles. The number of guanidine groups is 1. The molecule has 0 spiro atoms. The Morgan fingerprint density at radius 2 is 1.84 bits per heavy atom. The molecule has 11 nitrogen and oxygen atoms in total. The average molecular weight is 715 g/mol. The number of alkyl carbamates (subject to hydrolysis) is 1. The zero-order valence-corrected chi connectivity index (χ0v) is 28.1. The van der Waals surface area contributed by atoms with Gasteiger partial charge in [-0.3, -0.25) is 19.7 Å². The molecule has 1 saturated heterocycles. The molecule has 0 unspecified atom stereocenters. The lowest BCUT2D eigenvalue weighted by atomic mass is 9.75. The summed E-state index contributed by atoms with van der Waals surface area (Å²) in [4.78, 5) is 32.8. The molecule has 50 heavy (non-hydrogen) atoms. The van der Waals surface area contributed by atoms with Crippen LogP contribution in [0.2, 0.25) is 5.02 Å². The summed E-state index contributed by atoms with van der Waals surface area (Å²) < 4.78 is 60.8. The number of hydrogen-bond donors (Lipinski definition) is 3. The highest BCUT2D eigenvalue weighted by Gasteiger charge is 2.54. The molecule has 1 saturated carbocycles. The fraction of sp³-hybridized carbons (Fsp3) is 0.382. The molecule has 3 heterocycles. The maximum absolute atomic E-state index is 14.8. The summed E-state index contributed by atoms with van der Waals surface area (Å²) in [5, 5.41) is 18.8. The number of benzene rings is 2. The Morgan fingerprint density at radius 3 is 2.46 bits per heavy atom. The number of nitrogens with one attached hydrogen (secondary N) is 3. The molecule has 0 bridgehead atoms. The van der Waals surface area contributed by atoms with Crippen molar-refractivity contribution in [1.82, 2.24) is 34.9 Å². The fourth-order valence-electron chi connectivity index (χ4n) is 6.19. The number of ether oxygens (including phenoxy) is 1. The molecule has 2 fully saturated rings. The van der Waals surface area contributed by atoms with E-state index in [9.17, 15) is 27.2 Å². The first kappa shape index (κ1) is 34.9. The molecule has 3 N–H and O–H groups in total. The monoisotopic (exact) mass is 714 g/mol. The van der Waals surface area contributed by atoms with Crippen LogP contribution in [0.5, 0.6) is 0 Å². The van der Waals surface area contributed by atoms with Crippen LogP contribution in [0.1, 0.15) is 70.3 Å². The zero-order valence-electron chi connectivity index (χ0n) is 27.3. The molecular formula is C34H35ClF4N8O3. The van der Waals surface area contributed by atoms with Gasteiger partial charge in [0.15, 0.2) is 5.96 Å². The van der Waals surface area contributed by atoms with Crippen molar-refractivity contribution < 1.29 is 31.9 Å². The van der Waals surface area contributed by atoms with Crippen molar-refractivity contribution in [1.29, 1.82) is 5.41 Å².